The number of nitrogens with one attached hydrogen (secondary N) is 1. The van der Waals surface area contributed by atoms with Crippen molar-refractivity contribution >= 4 is 23.7 Å². The Balaban J connectivity index is 0.000000527. The minimum atomic E-state index is -1.82. The summed E-state index contributed by atoms with van der Waals surface area (Å²) in [6.45, 7) is 6.55. The molecule has 0 bridgehead atoms. The second-order valence-electron chi connectivity index (χ2n) is 5.71. The Kier molecular flexibility index (Phi) is 10.5. The molecule has 1 aliphatic heterocycles. The van der Waals surface area contributed by atoms with Gasteiger partial charge in [-0.3, -0.25) is 10.2 Å². The van der Waals surface area contributed by atoms with Crippen molar-refractivity contribution in [1.29, 1.82) is 0 Å². The zero-order chi connectivity index (χ0) is 20.1. The number of nitrogens with zero attached hydrogens (tertiary/aromatic N) is 1. The number of carboxylic acids is 2. The molecule has 0 unspecified atom stereocenters. The summed E-state index contributed by atoms with van der Waals surface area (Å²) < 4.78 is 10.6. The maximum absolute atomic E-state index is 11.8. The van der Waals surface area contributed by atoms with Gasteiger partial charge in [0.1, 0.15) is 6.61 Å². The topological polar surface area (TPSA) is 125 Å². The number of ether oxygens (including phenoxy) is 2. The molecule has 2 rings (SSSR count). The molecule has 0 spiro atoms. The Bertz CT molecular complexity index is 603. The summed E-state index contributed by atoms with van der Waals surface area (Å²) in [4.78, 5) is 32.3. The first-order valence-corrected chi connectivity index (χ1v) is 8.72. The number of rotatable bonds is 7. The first kappa shape index (κ1) is 22.4. The monoisotopic (exact) mass is 382 g/mol. The number of benzene rings is 1. The average molecular weight is 382 g/mol. The lowest BCUT2D eigenvalue weighted by Gasteiger charge is -2.15. The number of anilines is 1. The van der Waals surface area contributed by atoms with Gasteiger partial charge in [0.15, 0.2) is 0 Å². The first-order valence-electron chi connectivity index (χ1n) is 8.72. The van der Waals surface area contributed by atoms with Gasteiger partial charge in [-0.2, -0.15) is 0 Å². The molecule has 1 heterocycles. The highest BCUT2D eigenvalue weighted by atomic mass is 16.5. The van der Waals surface area contributed by atoms with Crippen LogP contribution in [0.1, 0.15) is 25.3 Å². The lowest BCUT2D eigenvalue weighted by molar-refractivity contribution is -0.159. The molecule has 9 nitrogen and oxygen atoms in total. The van der Waals surface area contributed by atoms with Crippen LogP contribution >= 0.6 is 0 Å². The number of carbonyl (C=O) groups excluding carboxylic acids is 1. The van der Waals surface area contributed by atoms with Gasteiger partial charge in [-0.25, -0.2) is 14.4 Å². The Morgan fingerprint density at radius 3 is 2.33 bits per heavy atom. The Labute approximate surface area is 157 Å². The molecule has 0 aliphatic carbocycles. The summed E-state index contributed by atoms with van der Waals surface area (Å²) in [5, 5.41) is 17.6. The maximum atomic E-state index is 11.8. The van der Waals surface area contributed by atoms with Crippen LogP contribution in [0.4, 0.5) is 10.5 Å². The summed E-state index contributed by atoms with van der Waals surface area (Å²) in [7, 11) is 0. The van der Waals surface area contributed by atoms with Crippen molar-refractivity contribution in [2.24, 2.45) is 0 Å². The molecule has 150 valence electrons. The van der Waals surface area contributed by atoms with Crippen molar-refractivity contribution in [2.45, 2.75) is 26.4 Å². The summed E-state index contributed by atoms with van der Waals surface area (Å²) >= 11 is 0. The molecule has 1 aliphatic rings. The van der Waals surface area contributed by atoms with Crippen LogP contribution in [0.3, 0.4) is 0 Å². The smallest absolute Gasteiger partial charge is 0.414 e. The van der Waals surface area contributed by atoms with Crippen LogP contribution in [-0.4, -0.2) is 66.0 Å². The minimum absolute atomic E-state index is 0.404. The molecule has 1 aromatic rings. The zero-order valence-electron chi connectivity index (χ0n) is 15.3. The Morgan fingerprint density at radius 1 is 1.11 bits per heavy atom. The number of aliphatic carboxylic acids is 2. The van der Waals surface area contributed by atoms with E-state index in [4.69, 9.17) is 29.3 Å². The molecule has 0 atom stereocenters. The van der Waals surface area contributed by atoms with E-state index >= 15 is 0 Å². The van der Waals surface area contributed by atoms with Gasteiger partial charge in [-0.1, -0.05) is 18.2 Å². The van der Waals surface area contributed by atoms with Gasteiger partial charge in [0, 0.05) is 24.4 Å². The van der Waals surface area contributed by atoms with E-state index in [2.05, 4.69) is 10.2 Å². The maximum Gasteiger partial charge on any atom is 0.414 e. The van der Waals surface area contributed by atoms with Crippen LogP contribution in [0.2, 0.25) is 0 Å². The number of para-hydroxylation sites is 1. The van der Waals surface area contributed by atoms with Gasteiger partial charge in [0.25, 0.3) is 0 Å². The van der Waals surface area contributed by atoms with Crippen molar-refractivity contribution in [3.05, 3.63) is 29.8 Å². The van der Waals surface area contributed by atoms with Crippen molar-refractivity contribution < 1.29 is 34.1 Å². The largest absolute Gasteiger partial charge is 0.473 e. The molecule has 1 saturated heterocycles. The van der Waals surface area contributed by atoms with Crippen LogP contribution in [0.15, 0.2) is 24.3 Å². The number of hydrogen-bond donors (Lipinski definition) is 3. The van der Waals surface area contributed by atoms with E-state index < -0.39 is 18.0 Å². The van der Waals surface area contributed by atoms with Crippen molar-refractivity contribution in [3.8, 4) is 0 Å². The third kappa shape index (κ3) is 9.57. The molecule has 0 radical (unpaired) electrons. The van der Waals surface area contributed by atoms with Crippen LogP contribution in [0.5, 0.6) is 0 Å². The molecule has 1 amide bonds. The average Bonchev–Trinajstić information content (AvgIpc) is 3.15. The van der Waals surface area contributed by atoms with Gasteiger partial charge >= 0.3 is 18.0 Å². The van der Waals surface area contributed by atoms with E-state index in [1.807, 2.05) is 31.2 Å². The van der Waals surface area contributed by atoms with Crippen molar-refractivity contribution in [3.63, 3.8) is 0 Å². The fourth-order valence-electron chi connectivity index (χ4n) is 2.40. The molecular formula is C18H26N2O7. The Morgan fingerprint density at radius 2 is 1.74 bits per heavy atom. The van der Waals surface area contributed by atoms with Crippen LogP contribution < -0.4 is 5.32 Å². The number of likely N-dealkylation sites (tertiary alicyclic amines) is 1. The minimum Gasteiger partial charge on any atom is -0.473 e. The quantitative estimate of drug-likeness (QED) is 0.612. The van der Waals surface area contributed by atoms with E-state index in [0.29, 0.717) is 19.8 Å². The lowest BCUT2D eigenvalue weighted by Crippen LogP contribution is -2.26. The normalized spacial score (nSPS) is 13.4. The fraction of sp³-hybridized carbons (Fsp3) is 0.500. The molecule has 1 aromatic carbocycles. The van der Waals surface area contributed by atoms with E-state index in [9.17, 15) is 4.79 Å². The van der Waals surface area contributed by atoms with Gasteiger partial charge in [-0.15, -0.1) is 0 Å². The number of hydrogen-bond acceptors (Lipinski definition) is 6. The number of carboxylic acid groups (broad SMARTS) is 2. The van der Waals surface area contributed by atoms with E-state index in [-0.39, 0.29) is 0 Å². The van der Waals surface area contributed by atoms with E-state index in [1.54, 1.807) is 0 Å². The van der Waals surface area contributed by atoms with Crippen LogP contribution in [-0.2, 0) is 25.7 Å². The summed E-state index contributed by atoms with van der Waals surface area (Å²) in [6.07, 6.45) is 2.09. The van der Waals surface area contributed by atoms with Gasteiger partial charge in [0.05, 0.1) is 6.61 Å². The predicted molar refractivity (Wildman–Crippen MR) is 97.7 cm³/mol. The molecule has 3 N–H and O–H groups in total. The summed E-state index contributed by atoms with van der Waals surface area (Å²) in [5.41, 5.74) is 1.70. The number of amides is 1. The van der Waals surface area contributed by atoms with Gasteiger partial charge < -0.3 is 19.7 Å². The summed E-state index contributed by atoms with van der Waals surface area (Å²) in [6, 6.07) is 7.61. The zero-order valence-corrected chi connectivity index (χ0v) is 15.3. The van der Waals surface area contributed by atoms with E-state index in [1.165, 1.54) is 12.8 Å². The second-order valence-corrected chi connectivity index (χ2v) is 5.71. The number of carbonyl (C=O) groups is 3. The summed E-state index contributed by atoms with van der Waals surface area (Å²) in [5.74, 6) is -3.65. The third-order valence-electron chi connectivity index (χ3n) is 3.74. The second kappa shape index (κ2) is 12.7. The standard InChI is InChI=1S/C16H24N2O3.C2H2O4/c1-2-20-13-14-7-3-4-8-15(14)17-16(19)21-12-11-18-9-5-6-10-18;3-1(4)2(5)6/h3-4,7-8H,2,5-6,9-13H2,1H3,(H,17,19);(H,3,4)(H,5,6). The molecule has 27 heavy (non-hydrogen) atoms. The van der Waals surface area contributed by atoms with Crippen molar-refractivity contribution in [2.75, 3.05) is 38.2 Å². The SMILES string of the molecule is CCOCc1ccccc1NC(=O)OCCN1CCCC1.O=C(O)C(=O)O. The van der Waals surface area contributed by atoms with Crippen LogP contribution in [0, 0.1) is 0 Å². The van der Waals surface area contributed by atoms with Gasteiger partial charge in [-0.05, 0) is 38.9 Å². The highest BCUT2D eigenvalue weighted by Gasteiger charge is 2.12. The Hall–Kier alpha value is -2.65. The van der Waals surface area contributed by atoms with E-state index in [0.717, 1.165) is 30.9 Å². The molecule has 1 fully saturated rings. The van der Waals surface area contributed by atoms with Crippen LogP contribution in [0.25, 0.3) is 0 Å². The first-order chi connectivity index (χ1) is 12.9. The third-order valence-corrected chi connectivity index (χ3v) is 3.74. The fourth-order valence-corrected chi connectivity index (χ4v) is 2.40. The predicted octanol–water partition coefficient (Wildman–Crippen LogP) is 2.02. The molecular weight excluding hydrogens is 356 g/mol. The van der Waals surface area contributed by atoms with Gasteiger partial charge in [0.2, 0.25) is 0 Å². The highest BCUT2D eigenvalue weighted by Crippen LogP contribution is 2.16. The molecule has 9 heteroatoms. The molecule has 0 aromatic heterocycles. The van der Waals surface area contributed by atoms with Crippen molar-refractivity contribution in [1.82, 2.24) is 4.90 Å². The molecule has 0 saturated carbocycles. The lowest BCUT2D eigenvalue weighted by atomic mass is 10.2. The highest BCUT2D eigenvalue weighted by molar-refractivity contribution is 6.27.